The second-order valence-corrected chi connectivity index (χ2v) is 9.37. The van der Waals surface area contributed by atoms with Crippen LogP contribution >= 0.6 is 0 Å². The summed E-state index contributed by atoms with van der Waals surface area (Å²) in [7, 11) is 0. The molecule has 0 saturated heterocycles. The molecule has 5 rings (SSSR count). The van der Waals surface area contributed by atoms with Gasteiger partial charge in [0, 0.05) is 42.3 Å². The summed E-state index contributed by atoms with van der Waals surface area (Å²) in [5.41, 5.74) is 9.37. The number of carbonyl (C=O) groups is 1. The molecule has 0 radical (unpaired) electrons. The van der Waals surface area contributed by atoms with Gasteiger partial charge in [-0.15, -0.1) is 0 Å². The molecule has 2 aromatic carbocycles. The van der Waals surface area contributed by atoms with E-state index >= 15 is 0 Å². The Balaban J connectivity index is 1.33. The van der Waals surface area contributed by atoms with E-state index in [-0.39, 0.29) is 0 Å². The molecule has 1 fully saturated rings. The molecule has 1 saturated carbocycles. The molecule has 1 atom stereocenters. The Hall–Kier alpha value is -2.89. The molecule has 1 unspecified atom stereocenters. The van der Waals surface area contributed by atoms with Crippen LogP contribution in [-0.2, 0) is 17.6 Å². The van der Waals surface area contributed by atoms with Gasteiger partial charge in [-0.3, -0.25) is 14.9 Å². The standard InChI is InChI=1S/C27H31N3O2/c1-18-2-8-23-22(16-28-25(23)14-18)12-13-30(17-20-3-4-20)26-10-7-21-15-19(5-9-24(21)26)6-11-27(31)29-32/h2,5-6,8-9,11,14-16,20,26,28,32H,3-4,7,10,12-13,17H2,1H3,(H,29,31)/b11-6+. The van der Waals surface area contributed by atoms with E-state index in [0.717, 1.165) is 37.3 Å². The van der Waals surface area contributed by atoms with Crippen molar-refractivity contribution in [1.82, 2.24) is 15.4 Å². The summed E-state index contributed by atoms with van der Waals surface area (Å²) in [4.78, 5) is 17.4. The van der Waals surface area contributed by atoms with Gasteiger partial charge in [0.25, 0.3) is 5.91 Å². The maximum absolute atomic E-state index is 11.3. The molecule has 1 heterocycles. The van der Waals surface area contributed by atoms with E-state index in [1.165, 1.54) is 58.6 Å². The van der Waals surface area contributed by atoms with Gasteiger partial charge >= 0.3 is 0 Å². The van der Waals surface area contributed by atoms with Crippen molar-refractivity contribution in [2.24, 2.45) is 5.92 Å². The number of hydroxylamine groups is 1. The third-order valence-electron chi connectivity index (χ3n) is 6.97. The fourth-order valence-electron chi connectivity index (χ4n) is 5.08. The smallest absolute Gasteiger partial charge is 0.267 e. The van der Waals surface area contributed by atoms with Gasteiger partial charge in [-0.05, 0) is 84.9 Å². The first-order chi connectivity index (χ1) is 15.6. The third-order valence-corrected chi connectivity index (χ3v) is 6.97. The second kappa shape index (κ2) is 8.93. The summed E-state index contributed by atoms with van der Waals surface area (Å²) in [6, 6.07) is 13.6. The maximum Gasteiger partial charge on any atom is 0.267 e. The lowest BCUT2D eigenvalue weighted by atomic mass is 10.0. The van der Waals surface area contributed by atoms with Crippen LogP contribution in [0.25, 0.3) is 17.0 Å². The molecule has 1 aromatic heterocycles. The first-order valence-corrected chi connectivity index (χ1v) is 11.7. The molecule has 32 heavy (non-hydrogen) atoms. The van der Waals surface area contributed by atoms with Gasteiger partial charge in [-0.25, -0.2) is 5.48 Å². The first-order valence-electron chi connectivity index (χ1n) is 11.7. The highest BCUT2D eigenvalue weighted by Gasteiger charge is 2.32. The van der Waals surface area contributed by atoms with Gasteiger partial charge in [0.2, 0.25) is 0 Å². The SMILES string of the molecule is Cc1ccc2c(CCN(CC3CC3)C3CCc4cc(/C=C/C(=O)NO)ccc43)c[nH]c2c1. The number of H-pyrrole nitrogens is 1. The molecule has 5 heteroatoms. The van der Waals surface area contributed by atoms with Gasteiger partial charge in [0.15, 0.2) is 0 Å². The number of hydrogen-bond acceptors (Lipinski definition) is 3. The lowest BCUT2D eigenvalue weighted by molar-refractivity contribution is -0.124. The maximum atomic E-state index is 11.3. The number of fused-ring (bicyclic) bond motifs is 2. The van der Waals surface area contributed by atoms with Gasteiger partial charge in [-0.1, -0.05) is 30.3 Å². The topological polar surface area (TPSA) is 68.4 Å². The van der Waals surface area contributed by atoms with E-state index in [9.17, 15) is 4.79 Å². The van der Waals surface area contributed by atoms with E-state index in [4.69, 9.17) is 5.21 Å². The predicted molar refractivity (Wildman–Crippen MR) is 128 cm³/mol. The number of nitrogens with one attached hydrogen (secondary N) is 2. The van der Waals surface area contributed by atoms with Crippen LogP contribution in [0.4, 0.5) is 0 Å². The van der Waals surface area contributed by atoms with Crippen LogP contribution in [0.1, 0.15) is 53.1 Å². The zero-order valence-corrected chi connectivity index (χ0v) is 18.6. The van der Waals surface area contributed by atoms with Crippen molar-refractivity contribution in [2.45, 2.75) is 45.1 Å². The quantitative estimate of drug-likeness (QED) is 0.270. The number of nitrogens with zero attached hydrogens (tertiary/aromatic N) is 1. The number of hydrogen-bond donors (Lipinski definition) is 3. The summed E-state index contributed by atoms with van der Waals surface area (Å²) < 4.78 is 0. The first kappa shape index (κ1) is 21.0. The Kier molecular flexibility index (Phi) is 5.85. The Morgan fingerprint density at radius 2 is 2.09 bits per heavy atom. The fourth-order valence-corrected chi connectivity index (χ4v) is 5.08. The number of aryl methyl sites for hydroxylation is 2. The summed E-state index contributed by atoms with van der Waals surface area (Å²) in [5.74, 6) is 0.343. The minimum atomic E-state index is -0.508. The van der Waals surface area contributed by atoms with Crippen LogP contribution in [0.5, 0.6) is 0 Å². The molecule has 166 valence electrons. The Morgan fingerprint density at radius 1 is 1.22 bits per heavy atom. The van der Waals surface area contributed by atoms with Crippen LogP contribution in [0.15, 0.2) is 48.7 Å². The Morgan fingerprint density at radius 3 is 2.91 bits per heavy atom. The monoisotopic (exact) mass is 429 g/mol. The molecule has 0 spiro atoms. The van der Waals surface area contributed by atoms with Gasteiger partial charge in [-0.2, -0.15) is 0 Å². The number of aromatic nitrogens is 1. The van der Waals surface area contributed by atoms with Crippen LogP contribution in [0.2, 0.25) is 0 Å². The van der Waals surface area contributed by atoms with Crippen molar-refractivity contribution in [3.05, 3.63) is 76.5 Å². The minimum Gasteiger partial charge on any atom is -0.361 e. The van der Waals surface area contributed by atoms with Crippen molar-refractivity contribution >= 4 is 22.9 Å². The average Bonchev–Trinajstić information content (AvgIpc) is 3.39. The van der Waals surface area contributed by atoms with Crippen molar-refractivity contribution < 1.29 is 10.0 Å². The Labute approximate surface area is 189 Å². The van der Waals surface area contributed by atoms with Crippen LogP contribution in [0, 0.1) is 12.8 Å². The van der Waals surface area contributed by atoms with Gasteiger partial charge in [0.05, 0.1) is 0 Å². The molecule has 2 aliphatic rings. The fraction of sp³-hybridized carbons (Fsp3) is 0.370. The lowest BCUT2D eigenvalue weighted by Gasteiger charge is -2.30. The summed E-state index contributed by atoms with van der Waals surface area (Å²) in [6.07, 6.45) is 11.3. The Bertz CT molecular complexity index is 1160. The number of benzene rings is 2. The van der Waals surface area contributed by atoms with Crippen LogP contribution in [-0.4, -0.2) is 34.1 Å². The predicted octanol–water partition coefficient (Wildman–Crippen LogP) is 4.94. The van der Waals surface area contributed by atoms with E-state index in [2.05, 4.69) is 59.4 Å². The molecule has 0 bridgehead atoms. The molecule has 3 N–H and O–H groups in total. The lowest BCUT2D eigenvalue weighted by Crippen LogP contribution is -2.31. The number of carbonyl (C=O) groups excluding carboxylic acids is 1. The highest BCUT2D eigenvalue weighted by atomic mass is 16.5. The van der Waals surface area contributed by atoms with E-state index < -0.39 is 5.91 Å². The van der Waals surface area contributed by atoms with Gasteiger partial charge < -0.3 is 4.98 Å². The van der Waals surface area contributed by atoms with E-state index in [0.29, 0.717) is 6.04 Å². The second-order valence-electron chi connectivity index (χ2n) is 9.37. The molecular formula is C27H31N3O2. The summed E-state index contributed by atoms with van der Waals surface area (Å²) >= 11 is 0. The van der Waals surface area contributed by atoms with Crippen molar-refractivity contribution in [3.8, 4) is 0 Å². The molecule has 1 amide bonds. The van der Waals surface area contributed by atoms with E-state index in [1.807, 2.05) is 0 Å². The molecular weight excluding hydrogens is 398 g/mol. The highest BCUT2D eigenvalue weighted by Crippen LogP contribution is 2.40. The third kappa shape index (κ3) is 4.50. The van der Waals surface area contributed by atoms with Crippen molar-refractivity contribution in [3.63, 3.8) is 0 Å². The number of aromatic amines is 1. The minimum absolute atomic E-state index is 0.469. The highest BCUT2D eigenvalue weighted by molar-refractivity contribution is 5.90. The summed E-state index contributed by atoms with van der Waals surface area (Å²) in [5, 5.41) is 10.0. The molecule has 3 aromatic rings. The number of rotatable bonds is 8. The van der Waals surface area contributed by atoms with Crippen LogP contribution < -0.4 is 5.48 Å². The van der Waals surface area contributed by atoms with E-state index in [1.54, 1.807) is 11.6 Å². The zero-order valence-electron chi connectivity index (χ0n) is 18.6. The van der Waals surface area contributed by atoms with Crippen molar-refractivity contribution in [1.29, 1.82) is 0 Å². The largest absolute Gasteiger partial charge is 0.361 e. The molecule has 0 aliphatic heterocycles. The van der Waals surface area contributed by atoms with Crippen LogP contribution in [0.3, 0.4) is 0 Å². The normalized spacial score (nSPS) is 18.0. The summed E-state index contributed by atoms with van der Waals surface area (Å²) in [6.45, 7) is 4.39. The van der Waals surface area contributed by atoms with Crippen molar-refractivity contribution in [2.75, 3.05) is 13.1 Å². The number of amides is 1. The van der Waals surface area contributed by atoms with Gasteiger partial charge in [0.1, 0.15) is 0 Å². The molecule has 5 nitrogen and oxygen atoms in total. The average molecular weight is 430 g/mol. The molecule has 2 aliphatic carbocycles. The zero-order chi connectivity index (χ0) is 22.1.